The molecule has 0 bridgehead atoms. The number of pyridine rings is 1. The predicted octanol–water partition coefficient (Wildman–Crippen LogP) is 2.52. The van der Waals surface area contributed by atoms with Crippen molar-refractivity contribution in [3.63, 3.8) is 0 Å². The van der Waals surface area contributed by atoms with E-state index in [1.54, 1.807) is 12.3 Å². The molecule has 0 unspecified atom stereocenters. The van der Waals surface area contributed by atoms with Crippen LogP contribution in [0.1, 0.15) is 44.3 Å². The molecule has 0 aliphatic heterocycles. The lowest BCUT2D eigenvalue weighted by molar-refractivity contribution is -0.121. The van der Waals surface area contributed by atoms with Gasteiger partial charge in [0, 0.05) is 18.3 Å². The number of nitrogens with zero attached hydrogens (tertiary/aromatic N) is 3. The molecule has 132 valence electrons. The minimum Gasteiger partial charge on any atom is -0.477 e. The number of hydrogen-bond donors (Lipinski definition) is 1. The Morgan fingerprint density at radius 2 is 2.08 bits per heavy atom. The lowest BCUT2D eigenvalue weighted by atomic mass is 10.2. The molecule has 7 nitrogen and oxygen atoms in total. The zero-order valence-electron chi connectivity index (χ0n) is 14.1. The number of rotatable bonds is 7. The summed E-state index contributed by atoms with van der Waals surface area (Å²) in [6.45, 7) is 0.729. The van der Waals surface area contributed by atoms with Gasteiger partial charge in [-0.2, -0.15) is 4.98 Å². The number of carbonyl (C=O) groups is 1. The number of nitrogens with one attached hydrogen (secondary N) is 1. The Kier molecular flexibility index (Phi) is 4.63. The summed E-state index contributed by atoms with van der Waals surface area (Å²) >= 11 is 0. The number of aromatic nitrogens is 3. The van der Waals surface area contributed by atoms with Crippen molar-refractivity contribution >= 4 is 5.91 Å². The Balaban J connectivity index is 1.32. The van der Waals surface area contributed by atoms with E-state index in [1.807, 2.05) is 6.07 Å². The maximum absolute atomic E-state index is 12.0. The summed E-state index contributed by atoms with van der Waals surface area (Å²) in [7, 11) is 0. The van der Waals surface area contributed by atoms with E-state index in [2.05, 4.69) is 20.4 Å². The van der Waals surface area contributed by atoms with Crippen LogP contribution in [-0.4, -0.2) is 33.7 Å². The summed E-state index contributed by atoms with van der Waals surface area (Å²) in [5.74, 6) is 1.99. The zero-order chi connectivity index (χ0) is 17.1. The van der Waals surface area contributed by atoms with Gasteiger partial charge < -0.3 is 14.6 Å². The average molecular weight is 342 g/mol. The normalized spacial score (nSPS) is 17.6. The number of hydrogen-bond acceptors (Lipinski definition) is 6. The number of amides is 1. The van der Waals surface area contributed by atoms with Crippen molar-refractivity contribution in [2.45, 2.75) is 51.0 Å². The SMILES string of the molecule is O=C(Cc1noc(-c2ccc(OCC3CC3)nc2)n1)NC1CCCC1. The van der Waals surface area contributed by atoms with Crippen LogP contribution in [0, 0.1) is 5.92 Å². The molecule has 2 aromatic heterocycles. The van der Waals surface area contributed by atoms with Crippen molar-refractivity contribution in [2.75, 3.05) is 6.61 Å². The van der Waals surface area contributed by atoms with Crippen molar-refractivity contribution in [1.29, 1.82) is 0 Å². The van der Waals surface area contributed by atoms with Crippen molar-refractivity contribution in [3.8, 4) is 17.3 Å². The molecular formula is C18H22N4O3. The molecule has 2 saturated carbocycles. The van der Waals surface area contributed by atoms with Crippen LogP contribution in [0.5, 0.6) is 5.88 Å². The van der Waals surface area contributed by atoms with Gasteiger partial charge in [-0.25, -0.2) is 4.98 Å². The van der Waals surface area contributed by atoms with Gasteiger partial charge in [0.1, 0.15) is 0 Å². The maximum atomic E-state index is 12.0. The van der Waals surface area contributed by atoms with Crippen molar-refractivity contribution in [2.24, 2.45) is 5.92 Å². The van der Waals surface area contributed by atoms with Crippen LogP contribution in [0.4, 0.5) is 0 Å². The second kappa shape index (κ2) is 7.21. The monoisotopic (exact) mass is 342 g/mol. The zero-order valence-corrected chi connectivity index (χ0v) is 14.1. The van der Waals surface area contributed by atoms with Gasteiger partial charge in [0.25, 0.3) is 5.89 Å². The molecule has 4 rings (SSSR count). The van der Waals surface area contributed by atoms with Crippen molar-refractivity contribution in [1.82, 2.24) is 20.4 Å². The summed E-state index contributed by atoms with van der Waals surface area (Å²) < 4.78 is 10.9. The topological polar surface area (TPSA) is 90.1 Å². The summed E-state index contributed by atoms with van der Waals surface area (Å²) in [4.78, 5) is 20.6. The van der Waals surface area contributed by atoms with E-state index in [0.29, 0.717) is 35.1 Å². The highest BCUT2D eigenvalue weighted by Crippen LogP contribution is 2.29. The quantitative estimate of drug-likeness (QED) is 0.831. The second-order valence-corrected chi connectivity index (χ2v) is 6.88. The average Bonchev–Trinajstić information content (AvgIpc) is 3.09. The lowest BCUT2D eigenvalue weighted by Crippen LogP contribution is -2.33. The molecule has 0 aromatic carbocycles. The highest BCUT2D eigenvalue weighted by molar-refractivity contribution is 5.78. The molecule has 0 saturated heterocycles. The minimum atomic E-state index is -0.0544. The number of ether oxygens (including phenoxy) is 1. The third-order valence-corrected chi connectivity index (χ3v) is 4.65. The van der Waals surface area contributed by atoms with Gasteiger partial charge in [0.15, 0.2) is 5.82 Å². The van der Waals surface area contributed by atoms with Gasteiger partial charge >= 0.3 is 0 Å². The maximum Gasteiger partial charge on any atom is 0.259 e. The van der Waals surface area contributed by atoms with Gasteiger partial charge in [-0.1, -0.05) is 18.0 Å². The van der Waals surface area contributed by atoms with E-state index in [4.69, 9.17) is 9.26 Å². The molecule has 2 aliphatic rings. The standard InChI is InChI=1S/C18H22N4O3/c23-16(20-14-3-1-2-4-14)9-15-21-18(25-22-15)13-7-8-17(19-10-13)24-11-12-5-6-12/h7-8,10,12,14H,1-6,9,11H2,(H,20,23). The van der Waals surface area contributed by atoms with Crippen LogP contribution in [0.2, 0.25) is 0 Å². The largest absolute Gasteiger partial charge is 0.477 e. The fourth-order valence-corrected chi connectivity index (χ4v) is 3.02. The van der Waals surface area contributed by atoms with Crippen LogP contribution < -0.4 is 10.1 Å². The molecule has 1 amide bonds. The molecule has 0 atom stereocenters. The summed E-state index contributed by atoms with van der Waals surface area (Å²) in [6.07, 6.45) is 8.77. The van der Waals surface area contributed by atoms with E-state index in [9.17, 15) is 4.79 Å². The van der Waals surface area contributed by atoms with Gasteiger partial charge in [0.2, 0.25) is 11.8 Å². The highest BCUT2D eigenvalue weighted by Gasteiger charge is 2.22. The number of carbonyl (C=O) groups excluding carboxylic acids is 1. The minimum absolute atomic E-state index is 0.0544. The van der Waals surface area contributed by atoms with E-state index < -0.39 is 0 Å². The lowest BCUT2D eigenvalue weighted by Gasteiger charge is -2.10. The Bertz CT molecular complexity index is 718. The van der Waals surface area contributed by atoms with E-state index in [-0.39, 0.29) is 12.3 Å². The smallest absolute Gasteiger partial charge is 0.259 e. The molecule has 7 heteroatoms. The Morgan fingerprint density at radius 3 is 2.80 bits per heavy atom. The first-order valence-electron chi connectivity index (χ1n) is 8.97. The van der Waals surface area contributed by atoms with Crippen molar-refractivity contribution < 1.29 is 14.1 Å². The van der Waals surface area contributed by atoms with Crippen LogP contribution in [0.15, 0.2) is 22.9 Å². The van der Waals surface area contributed by atoms with Gasteiger partial charge in [-0.3, -0.25) is 4.79 Å². The first-order chi connectivity index (χ1) is 12.3. The predicted molar refractivity (Wildman–Crippen MR) is 89.9 cm³/mol. The van der Waals surface area contributed by atoms with E-state index >= 15 is 0 Å². The molecular weight excluding hydrogens is 320 g/mol. The summed E-state index contributed by atoms with van der Waals surface area (Å²) in [6, 6.07) is 3.94. The molecule has 2 aliphatic carbocycles. The molecule has 1 N–H and O–H groups in total. The molecule has 25 heavy (non-hydrogen) atoms. The summed E-state index contributed by atoms with van der Waals surface area (Å²) in [5.41, 5.74) is 0.716. The fourth-order valence-electron chi connectivity index (χ4n) is 3.02. The first kappa shape index (κ1) is 16.1. The molecule has 0 spiro atoms. The van der Waals surface area contributed by atoms with Crippen LogP contribution in [-0.2, 0) is 11.2 Å². The van der Waals surface area contributed by atoms with Crippen LogP contribution >= 0.6 is 0 Å². The highest BCUT2D eigenvalue weighted by atomic mass is 16.5. The van der Waals surface area contributed by atoms with Gasteiger partial charge in [-0.15, -0.1) is 0 Å². The summed E-state index contributed by atoms with van der Waals surface area (Å²) in [5, 5.41) is 6.91. The van der Waals surface area contributed by atoms with Gasteiger partial charge in [0.05, 0.1) is 18.6 Å². The third-order valence-electron chi connectivity index (χ3n) is 4.65. The molecule has 0 radical (unpaired) electrons. The Hall–Kier alpha value is -2.44. The van der Waals surface area contributed by atoms with Gasteiger partial charge in [-0.05, 0) is 37.7 Å². The Morgan fingerprint density at radius 1 is 1.24 bits per heavy atom. The third kappa shape index (κ3) is 4.35. The van der Waals surface area contributed by atoms with Crippen LogP contribution in [0.25, 0.3) is 11.5 Å². The Labute approximate surface area is 146 Å². The molecule has 2 fully saturated rings. The second-order valence-electron chi connectivity index (χ2n) is 6.88. The van der Waals surface area contributed by atoms with E-state index in [0.717, 1.165) is 19.4 Å². The van der Waals surface area contributed by atoms with Crippen LogP contribution in [0.3, 0.4) is 0 Å². The van der Waals surface area contributed by atoms with Crippen molar-refractivity contribution in [3.05, 3.63) is 24.2 Å². The fraction of sp³-hybridized carbons (Fsp3) is 0.556. The molecule has 2 heterocycles. The van der Waals surface area contributed by atoms with E-state index in [1.165, 1.54) is 25.7 Å². The molecule has 2 aromatic rings. The first-order valence-corrected chi connectivity index (χ1v) is 8.97.